The lowest BCUT2D eigenvalue weighted by Crippen LogP contribution is -2.18. The maximum absolute atomic E-state index is 5.93. The number of halogens is 1. The van der Waals surface area contributed by atoms with Gasteiger partial charge >= 0.3 is 0 Å². The number of hydrogen-bond donors (Lipinski definition) is 1. The maximum Gasteiger partial charge on any atom is 0.134 e. The zero-order chi connectivity index (χ0) is 14.1. The molecule has 3 nitrogen and oxygen atoms in total. The van der Waals surface area contributed by atoms with E-state index in [1.54, 1.807) is 6.20 Å². The van der Waals surface area contributed by atoms with Gasteiger partial charge in [0.2, 0.25) is 0 Å². The Hall–Kier alpha value is -1.84. The van der Waals surface area contributed by atoms with Crippen molar-refractivity contribution in [3.63, 3.8) is 0 Å². The Morgan fingerprint density at radius 2 is 2.05 bits per heavy atom. The number of aryl methyl sites for hydroxylation is 1. The van der Waals surface area contributed by atoms with Crippen LogP contribution in [0.1, 0.15) is 23.1 Å². The van der Waals surface area contributed by atoms with E-state index in [4.69, 9.17) is 16.0 Å². The summed E-state index contributed by atoms with van der Waals surface area (Å²) in [6, 6.07) is 11.9. The largest absolute Gasteiger partial charge is 0.459 e. The standard InChI is InChI=1S/C16H15ClN2O/c1-10-3-6-14-11(7-10)8-15(20-14)16(18-2)13-5-4-12(17)9-19-13/h3-9,16,18H,1-2H3. The van der Waals surface area contributed by atoms with Gasteiger partial charge in [-0.15, -0.1) is 0 Å². The summed E-state index contributed by atoms with van der Waals surface area (Å²) in [7, 11) is 1.89. The molecule has 0 saturated carbocycles. The van der Waals surface area contributed by atoms with Crippen LogP contribution in [0.25, 0.3) is 11.0 Å². The van der Waals surface area contributed by atoms with E-state index < -0.39 is 0 Å². The van der Waals surface area contributed by atoms with Crippen molar-refractivity contribution in [3.8, 4) is 0 Å². The van der Waals surface area contributed by atoms with Crippen LogP contribution in [0.3, 0.4) is 0 Å². The van der Waals surface area contributed by atoms with Gasteiger partial charge in [0.05, 0.1) is 10.7 Å². The highest BCUT2D eigenvalue weighted by Gasteiger charge is 2.18. The van der Waals surface area contributed by atoms with Crippen LogP contribution in [-0.2, 0) is 0 Å². The molecule has 0 aliphatic carbocycles. The SMILES string of the molecule is CNC(c1ccc(Cl)cn1)c1cc2cc(C)ccc2o1. The molecule has 3 rings (SSSR count). The van der Waals surface area contributed by atoms with Crippen molar-refractivity contribution in [3.05, 3.63) is 64.6 Å². The predicted octanol–water partition coefficient (Wildman–Crippen LogP) is 4.10. The van der Waals surface area contributed by atoms with Crippen molar-refractivity contribution < 1.29 is 4.42 Å². The summed E-state index contributed by atoms with van der Waals surface area (Å²) in [4.78, 5) is 4.36. The van der Waals surface area contributed by atoms with E-state index in [0.717, 1.165) is 22.4 Å². The average molecular weight is 287 g/mol. The van der Waals surface area contributed by atoms with Crippen LogP contribution in [0.2, 0.25) is 5.02 Å². The van der Waals surface area contributed by atoms with Crippen LogP contribution < -0.4 is 5.32 Å². The quantitative estimate of drug-likeness (QED) is 0.788. The fraction of sp³-hybridized carbons (Fsp3) is 0.188. The molecular weight excluding hydrogens is 272 g/mol. The molecule has 0 aliphatic rings. The van der Waals surface area contributed by atoms with Crippen LogP contribution in [0.15, 0.2) is 47.0 Å². The summed E-state index contributed by atoms with van der Waals surface area (Å²) in [5.74, 6) is 0.850. The van der Waals surface area contributed by atoms with Crippen molar-refractivity contribution in [2.24, 2.45) is 0 Å². The van der Waals surface area contributed by atoms with Crippen molar-refractivity contribution in [1.82, 2.24) is 10.3 Å². The van der Waals surface area contributed by atoms with E-state index >= 15 is 0 Å². The van der Waals surface area contributed by atoms with Gasteiger partial charge < -0.3 is 9.73 Å². The fourth-order valence-electron chi connectivity index (χ4n) is 2.32. The lowest BCUT2D eigenvalue weighted by atomic mass is 10.1. The van der Waals surface area contributed by atoms with Gasteiger partial charge in [0.1, 0.15) is 17.4 Å². The van der Waals surface area contributed by atoms with Crippen molar-refractivity contribution >= 4 is 22.6 Å². The second-order valence-corrected chi connectivity index (χ2v) is 5.25. The van der Waals surface area contributed by atoms with Gasteiger partial charge in [0.25, 0.3) is 0 Å². The number of aromatic nitrogens is 1. The molecule has 4 heteroatoms. The van der Waals surface area contributed by atoms with Gasteiger partial charge in [-0.25, -0.2) is 0 Å². The molecule has 0 bridgehead atoms. The summed E-state index contributed by atoms with van der Waals surface area (Å²) in [6.07, 6.45) is 1.65. The topological polar surface area (TPSA) is 38.1 Å². The van der Waals surface area contributed by atoms with E-state index in [-0.39, 0.29) is 6.04 Å². The molecule has 0 saturated heterocycles. The number of fused-ring (bicyclic) bond motifs is 1. The third-order valence-electron chi connectivity index (χ3n) is 3.31. The number of nitrogens with zero attached hydrogens (tertiary/aromatic N) is 1. The number of benzene rings is 1. The minimum atomic E-state index is -0.0834. The third-order valence-corrected chi connectivity index (χ3v) is 3.53. The normalized spacial score (nSPS) is 12.8. The molecule has 1 atom stereocenters. The number of furan rings is 1. The molecule has 20 heavy (non-hydrogen) atoms. The second kappa shape index (κ2) is 5.27. The molecule has 102 valence electrons. The third kappa shape index (κ3) is 2.42. The number of pyridine rings is 1. The van der Waals surface area contributed by atoms with Crippen LogP contribution in [0.5, 0.6) is 0 Å². The van der Waals surface area contributed by atoms with E-state index in [0.29, 0.717) is 5.02 Å². The maximum atomic E-state index is 5.93. The van der Waals surface area contributed by atoms with Crippen LogP contribution in [0, 0.1) is 6.92 Å². The summed E-state index contributed by atoms with van der Waals surface area (Å²) in [6.45, 7) is 2.07. The molecule has 1 N–H and O–H groups in total. The molecule has 1 aromatic carbocycles. The minimum absolute atomic E-state index is 0.0834. The van der Waals surface area contributed by atoms with Gasteiger partial charge in [-0.05, 0) is 44.3 Å². The Morgan fingerprint density at radius 1 is 1.20 bits per heavy atom. The zero-order valence-corrected chi connectivity index (χ0v) is 12.1. The summed E-state index contributed by atoms with van der Waals surface area (Å²) < 4.78 is 5.93. The first kappa shape index (κ1) is 13.2. The molecular formula is C16H15ClN2O. The first-order valence-electron chi connectivity index (χ1n) is 6.46. The van der Waals surface area contributed by atoms with Gasteiger partial charge in [-0.3, -0.25) is 4.98 Å². The lowest BCUT2D eigenvalue weighted by molar-refractivity contribution is 0.486. The van der Waals surface area contributed by atoms with Crippen LogP contribution in [-0.4, -0.2) is 12.0 Å². The molecule has 2 heterocycles. The fourth-order valence-corrected chi connectivity index (χ4v) is 2.43. The van der Waals surface area contributed by atoms with E-state index in [2.05, 4.69) is 29.4 Å². The van der Waals surface area contributed by atoms with E-state index in [9.17, 15) is 0 Å². The minimum Gasteiger partial charge on any atom is -0.459 e. The molecule has 0 aliphatic heterocycles. The van der Waals surface area contributed by atoms with Crippen molar-refractivity contribution in [1.29, 1.82) is 0 Å². The van der Waals surface area contributed by atoms with Crippen molar-refractivity contribution in [2.45, 2.75) is 13.0 Å². The Morgan fingerprint density at radius 3 is 2.75 bits per heavy atom. The van der Waals surface area contributed by atoms with Gasteiger partial charge in [-0.1, -0.05) is 23.2 Å². The highest BCUT2D eigenvalue weighted by atomic mass is 35.5. The van der Waals surface area contributed by atoms with Crippen LogP contribution >= 0.6 is 11.6 Å². The van der Waals surface area contributed by atoms with Gasteiger partial charge in [0.15, 0.2) is 0 Å². The Kier molecular flexibility index (Phi) is 3.47. The predicted molar refractivity (Wildman–Crippen MR) is 81.1 cm³/mol. The molecule has 0 amide bonds. The molecule has 0 spiro atoms. The highest BCUT2D eigenvalue weighted by molar-refractivity contribution is 6.30. The summed E-state index contributed by atoms with van der Waals surface area (Å²) >= 11 is 5.88. The summed E-state index contributed by atoms with van der Waals surface area (Å²) in [5, 5.41) is 4.96. The second-order valence-electron chi connectivity index (χ2n) is 4.81. The van der Waals surface area contributed by atoms with E-state index in [1.165, 1.54) is 5.56 Å². The Labute approximate surface area is 122 Å². The molecule has 0 fully saturated rings. The number of nitrogens with one attached hydrogen (secondary N) is 1. The lowest BCUT2D eigenvalue weighted by Gasteiger charge is -2.12. The first-order valence-corrected chi connectivity index (χ1v) is 6.84. The number of rotatable bonds is 3. The molecule has 3 aromatic rings. The molecule has 2 aromatic heterocycles. The monoisotopic (exact) mass is 286 g/mol. The number of hydrogen-bond acceptors (Lipinski definition) is 3. The van der Waals surface area contributed by atoms with Crippen molar-refractivity contribution in [2.75, 3.05) is 7.05 Å². The molecule has 1 unspecified atom stereocenters. The zero-order valence-electron chi connectivity index (χ0n) is 11.4. The highest BCUT2D eigenvalue weighted by Crippen LogP contribution is 2.28. The van der Waals surface area contributed by atoms with Gasteiger partial charge in [0, 0.05) is 11.6 Å². The smallest absolute Gasteiger partial charge is 0.134 e. The summed E-state index contributed by atoms with van der Waals surface area (Å²) in [5.41, 5.74) is 2.99. The Balaban J connectivity index is 2.04. The molecule has 0 radical (unpaired) electrons. The van der Waals surface area contributed by atoms with Crippen LogP contribution in [0.4, 0.5) is 0 Å². The first-order chi connectivity index (χ1) is 9.67. The average Bonchev–Trinajstić information content (AvgIpc) is 2.84. The van der Waals surface area contributed by atoms with Gasteiger partial charge in [-0.2, -0.15) is 0 Å². The van der Waals surface area contributed by atoms with E-state index in [1.807, 2.05) is 31.3 Å². The Bertz CT molecular complexity index is 734.